The summed E-state index contributed by atoms with van der Waals surface area (Å²) in [5.74, 6) is -1.22. The number of urea groups is 1. The number of ether oxygens (including phenoxy) is 2. The number of aromatic nitrogens is 1. The molecule has 9 nitrogen and oxygen atoms in total. The Bertz CT molecular complexity index is 1410. The predicted octanol–water partition coefficient (Wildman–Crippen LogP) is 5.35. The molecule has 4 rings (SSSR count). The van der Waals surface area contributed by atoms with Crippen molar-refractivity contribution in [1.29, 1.82) is 0 Å². The number of pyridine rings is 1. The highest BCUT2D eigenvalue weighted by Crippen LogP contribution is 2.38. The fourth-order valence-corrected chi connectivity index (χ4v) is 4.23. The highest BCUT2D eigenvalue weighted by Gasteiger charge is 2.37. The minimum Gasteiger partial charge on any atom is -0.455 e. The Hall–Kier alpha value is -3.94. The van der Waals surface area contributed by atoms with E-state index in [4.69, 9.17) is 21.1 Å². The van der Waals surface area contributed by atoms with Crippen molar-refractivity contribution in [1.82, 2.24) is 15.2 Å². The molecule has 14 heteroatoms. The number of amides is 3. The zero-order valence-electron chi connectivity index (χ0n) is 21.3. The molecule has 2 aromatic carbocycles. The van der Waals surface area contributed by atoms with E-state index in [0.717, 1.165) is 28.0 Å². The number of methoxy groups -OCH3 is 1. The van der Waals surface area contributed by atoms with Crippen LogP contribution in [0, 0.1) is 5.82 Å². The lowest BCUT2D eigenvalue weighted by atomic mass is 10.1. The molecule has 40 heavy (non-hydrogen) atoms. The van der Waals surface area contributed by atoms with E-state index in [0.29, 0.717) is 6.54 Å². The quantitative estimate of drug-likeness (QED) is 0.361. The smallest absolute Gasteiger partial charge is 0.417 e. The molecule has 1 fully saturated rings. The van der Waals surface area contributed by atoms with Crippen LogP contribution < -0.4 is 19.9 Å². The number of halogens is 5. The van der Waals surface area contributed by atoms with Crippen LogP contribution in [0.2, 0.25) is 5.02 Å². The topological polar surface area (TPSA) is 87.2 Å². The lowest BCUT2D eigenvalue weighted by Gasteiger charge is -2.42. The Morgan fingerprint density at radius 3 is 2.55 bits per heavy atom. The summed E-state index contributed by atoms with van der Waals surface area (Å²) in [5.41, 5.74) is -1.30. The highest BCUT2D eigenvalue weighted by molar-refractivity contribution is 6.31. The van der Waals surface area contributed by atoms with Crippen molar-refractivity contribution in [3.05, 3.63) is 76.8 Å². The third-order valence-corrected chi connectivity index (χ3v) is 6.30. The van der Waals surface area contributed by atoms with Crippen molar-refractivity contribution in [3.63, 3.8) is 0 Å². The molecule has 0 spiro atoms. The van der Waals surface area contributed by atoms with Crippen LogP contribution in [0.1, 0.15) is 16.1 Å². The zero-order chi connectivity index (χ0) is 29.0. The van der Waals surface area contributed by atoms with Gasteiger partial charge in [0.2, 0.25) is 0 Å². The van der Waals surface area contributed by atoms with E-state index in [2.05, 4.69) is 10.3 Å². The SMILES string of the molecule is CNC(=O)c1ncccc1Oc1ccc(N2CN(CCOC)CN(c3ccc(Cl)c(C(F)(F)F)c3)C2=O)c(F)c1. The van der Waals surface area contributed by atoms with Gasteiger partial charge in [0, 0.05) is 38.7 Å². The second kappa shape index (κ2) is 12.1. The number of hydrogen-bond acceptors (Lipinski definition) is 6. The van der Waals surface area contributed by atoms with Crippen LogP contribution in [0.15, 0.2) is 54.7 Å². The molecule has 1 aliphatic rings. The maximum Gasteiger partial charge on any atom is 0.417 e. The summed E-state index contributed by atoms with van der Waals surface area (Å²) >= 11 is 5.76. The molecular weight excluding hydrogens is 558 g/mol. The van der Waals surface area contributed by atoms with E-state index in [1.165, 1.54) is 44.6 Å². The van der Waals surface area contributed by atoms with Crippen LogP contribution in [0.25, 0.3) is 0 Å². The van der Waals surface area contributed by atoms with Crippen LogP contribution in [0.4, 0.5) is 33.7 Å². The van der Waals surface area contributed by atoms with Crippen molar-refractivity contribution in [3.8, 4) is 11.5 Å². The van der Waals surface area contributed by atoms with Gasteiger partial charge in [-0.3, -0.25) is 19.5 Å². The van der Waals surface area contributed by atoms with Crippen LogP contribution in [0.5, 0.6) is 11.5 Å². The monoisotopic (exact) mass is 581 g/mol. The minimum atomic E-state index is -4.74. The maximum absolute atomic E-state index is 15.4. The first kappa shape index (κ1) is 29.1. The lowest BCUT2D eigenvalue weighted by Crippen LogP contribution is -2.59. The number of nitrogens with zero attached hydrogens (tertiary/aromatic N) is 4. The normalized spacial score (nSPS) is 14.4. The third-order valence-electron chi connectivity index (χ3n) is 5.97. The van der Waals surface area contributed by atoms with Crippen LogP contribution in [-0.2, 0) is 10.9 Å². The molecule has 1 aliphatic heterocycles. The zero-order valence-corrected chi connectivity index (χ0v) is 22.1. The number of alkyl halides is 3. The fourth-order valence-electron chi connectivity index (χ4n) is 4.00. The Morgan fingerprint density at radius 1 is 1.12 bits per heavy atom. The summed E-state index contributed by atoms with van der Waals surface area (Å²) < 4.78 is 66.7. The van der Waals surface area contributed by atoms with Gasteiger partial charge in [0.05, 0.1) is 36.2 Å². The van der Waals surface area contributed by atoms with Crippen molar-refractivity contribution in [2.75, 3.05) is 50.4 Å². The number of benzene rings is 2. The lowest BCUT2D eigenvalue weighted by molar-refractivity contribution is -0.137. The standard InChI is InChI=1S/C26H24ClF4N5O4/c1-32-24(37)23-22(4-3-9-33-23)40-17-6-8-21(20(28)13-17)36-15-34(10-11-39-2)14-35(25(36)38)16-5-7-19(27)18(12-16)26(29,30)31/h3-9,12-13H,10-11,14-15H2,1-2H3,(H,32,37). The second-order valence-electron chi connectivity index (χ2n) is 8.62. The highest BCUT2D eigenvalue weighted by atomic mass is 35.5. The number of carbonyl (C=O) groups excluding carboxylic acids is 2. The average Bonchev–Trinajstić information content (AvgIpc) is 2.92. The molecule has 1 N–H and O–H groups in total. The number of anilines is 2. The fraction of sp³-hybridized carbons (Fsp3) is 0.269. The van der Waals surface area contributed by atoms with Crippen LogP contribution in [0.3, 0.4) is 0 Å². The van der Waals surface area contributed by atoms with Gasteiger partial charge in [-0.25, -0.2) is 14.2 Å². The molecule has 212 valence electrons. The van der Waals surface area contributed by atoms with E-state index in [-0.39, 0.29) is 48.5 Å². The number of hydrogen-bond donors (Lipinski definition) is 1. The number of rotatable bonds is 8. The predicted molar refractivity (Wildman–Crippen MR) is 139 cm³/mol. The van der Waals surface area contributed by atoms with Crippen molar-refractivity contribution >= 4 is 34.9 Å². The van der Waals surface area contributed by atoms with Crippen molar-refractivity contribution in [2.45, 2.75) is 6.18 Å². The largest absolute Gasteiger partial charge is 0.455 e. The van der Waals surface area contributed by atoms with Gasteiger partial charge in [-0.15, -0.1) is 0 Å². The molecule has 1 saturated heterocycles. The summed E-state index contributed by atoms with van der Waals surface area (Å²) in [7, 11) is 2.91. The first-order valence-electron chi connectivity index (χ1n) is 11.8. The number of carbonyl (C=O) groups is 2. The molecule has 0 atom stereocenters. The molecular formula is C26H24ClF4N5O4. The van der Waals surface area contributed by atoms with Gasteiger partial charge in [0.25, 0.3) is 5.91 Å². The molecule has 3 amide bonds. The van der Waals surface area contributed by atoms with Gasteiger partial charge in [0.15, 0.2) is 17.3 Å². The van der Waals surface area contributed by atoms with Crippen LogP contribution in [-0.4, -0.2) is 62.5 Å². The van der Waals surface area contributed by atoms with Gasteiger partial charge >= 0.3 is 12.2 Å². The van der Waals surface area contributed by atoms with E-state index in [1.54, 1.807) is 11.0 Å². The van der Waals surface area contributed by atoms with Crippen LogP contribution >= 0.6 is 11.6 Å². The summed E-state index contributed by atoms with van der Waals surface area (Å²) in [5, 5.41) is 1.93. The second-order valence-corrected chi connectivity index (χ2v) is 9.02. The molecule has 0 radical (unpaired) electrons. The Labute approximate surface area is 231 Å². The summed E-state index contributed by atoms with van der Waals surface area (Å²) in [4.78, 5) is 33.5. The summed E-state index contributed by atoms with van der Waals surface area (Å²) in [6, 6.07) is 9.16. The minimum absolute atomic E-state index is 0.00805. The third kappa shape index (κ3) is 6.27. The van der Waals surface area contributed by atoms with E-state index < -0.39 is 34.5 Å². The first-order chi connectivity index (χ1) is 19.0. The van der Waals surface area contributed by atoms with Gasteiger partial charge in [-0.05, 0) is 42.5 Å². The van der Waals surface area contributed by atoms with E-state index >= 15 is 4.39 Å². The first-order valence-corrected chi connectivity index (χ1v) is 12.2. The van der Waals surface area contributed by atoms with E-state index in [1.807, 2.05) is 0 Å². The molecule has 0 bridgehead atoms. The van der Waals surface area contributed by atoms with Gasteiger partial charge in [0.1, 0.15) is 5.75 Å². The van der Waals surface area contributed by atoms with Gasteiger partial charge in [-0.1, -0.05) is 11.6 Å². The Kier molecular flexibility index (Phi) is 8.76. The Morgan fingerprint density at radius 2 is 1.88 bits per heavy atom. The van der Waals surface area contributed by atoms with Crippen molar-refractivity contribution < 1.29 is 36.6 Å². The van der Waals surface area contributed by atoms with Gasteiger partial charge in [-0.2, -0.15) is 13.2 Å². The van der Waals surface area contributed by atoms with E-state index in [9.17, 15) is 22.8 Å². The number of nitrogens with one attached hydrogen (secondary N) is 1. The molecule has 1 aromatic heterocycles. The van der Waals surface area contributed by atoms with Crippen molar-refractivity contribution in [2.24, 2.45) is 0 Å². The molecule has 3 aromatic rings. The molecule has 0 aliphatic carbocycles. The van der Waals surface area contributed by atoms with Gasteiger partial charge < -0.3 is 14.8 Å². The molecule has 2 heterocycles. The molecule has 0 saturated carbocycles. The summed E-state index contributed by atoms with van der Waals surface area (Å²) in [6.45, 7) is 0.448. The summed E-state index contributed by atoms with van der Waals surface area (Å²) in [6.07, 6.45) is -3.34. The average molecular weight is 582 g/mol. The molecule has 0 unspecified atom stereocenters. The Balaban J connectivity index is 1.66. The maximum atomic E-state index is 15.4.